The van der Waals surface area contributed by atoms with E-state index < -0.39 is 6.10 Å². The average Bonchev–Trinajstić information content (AvgIpc) is 3.06. The summed E-state index contributed by atoms with van der Waals surface area (Å²) in [6.07, 6.45) is -0.468. The van der Waals surface area contributed by atoms with Crippen LogP contribution in [-0.2, 0) is 9.63 Å². The Bertz CT molecular complexity index is 731. The van der Waals surface area contributed by atoms with E-state index in [0.717, 1.165) is 5.56 Å². The molecule has 1 heterocycles. The number of halogens is 1. The molecular weight excluding hydrogens is 295 g/mol. The molecule has 0 unspecified atom stereocenters. The zero-order valence-corrected chi connectivity index (χ0v) is 12.7. The molecule has 0 aromatic heterocycles. The number of nitrogens with one attached hydrogen (secondary N) is 1. The van der Waals surface area contributed by atoms with Crippen LogP contribution in [0, 0.1) is 5.82 Å². The summed E-state index contributed by atoms with van der Waals surface area (Å²) in [5.74, 6) is -0.620. The molecule has 2 atom stereocenters. The van der Waals surface area contributed by atoms with Crippen LogP contribution in [0.25, 0.3) is 0 Å². The van der Waals surface area contributed by atoms with E-state index >= 15 is 0 Å². The fraction of sp³-hybridized carbons (Fsp3) is 0.222. The maximum absolute atomic E-state index is 13.8. The maximum atomic E-state index is 13.8. The van der Waals surface area contributed by atoms with Crippen molar-refractivity contribution in [3.63, 3.8) is 0 Å². The molecular formula is C18H17FN2O2. The van der Waals surface area contributed by atoms with Crippen molar-refractivity contribution in [2.75, 3.05) is 0 Å². The van der Waals surface area contributed by atoms with Gasteiger partial charge in [-0.25, -0.2) is 4.39 Å². The van der Waals surface area contributed by atoms with Crippen molar-refractivity contribution >= 4 is 11.6 Å². The lowest BCUT2D eigenvalue weighted by Gasteiger charge is -2.16. The number of carbonyl (C=O) groups excluding carboxylic acids is 1. The molecule has 0 saturated carbocycles. The molecule has 1 N–H and O–H groups in total. The van der Waals surface area contributed by atoms with Crippen LogP contribution in [-0.4, -0.2) is 17.7 Å². The molecule has 3 rings (SSSR count). The summed E-state index contributed by atoms with van der Waals surface area (Å²) in [6.45, 7) is 1.90. The molecule has 2 aromatic carbocycles. The second kappa shape index (κ2) is 6.60. The van der Waals surface area contributed by atoms with Crippen molar-refractivity contribution in [2.24, 2.45) is 5.16 Å². The molecule has 4 nitrogen and oxygen atoms in total. The number of hydrogen-bond acceptors (Lipinski definition) is 3. The normalized spacial score (nSPS) is 18.0. The second-order valence-electron chi connectivity index (χ2n) is 5.46. The van der Waals surface area contributed by atoms with Gasteiger partial charge >= 0.3 is 0 Å². The number of hydrogen-bond donors (Lipinski definition) is 1. The molecule has 1 aliphatic heterocycles. The van der Waals surface area contributed by atoms with Gasteiger partial charge in [0, 0.05) is 12.0 Å². The summed E-state index contributed by atoms with van der Waals surface area (Å²) in [4.78, 5) is 17.5. The SMILES string of the molecule is C[C@@H](NC(=O)[C@H]1CC(c2ccccc2F)=NO1)c1ccccc1. The highest BCUT2D eigenvalue weighted by Gasteiger charge is 2.30. The summed E-state index contributed by atoms with van der Waals surface area (Å²) in [5, 5.41) is 6.76. The van der Waals surface area contributed by atoms with Gasteiger partial charge in [0.05, 0.1) is 11.8 Å². The average molecular weight is 312 g/mol. The Morgan fingerprint density at radius 2 is 1.91 bits per heavy atom. The monoisotopic (exact) mass is 312 g/mol. The van der Waals surface area contributed by atoms with Gasteiger partial charge in [0.1, 0.15) is 5.82 Å². The van der Waals surface area contributed by atoms with Gasteiger partial charge in [0.15, 0.2) is 0 Å². The first-order chi connectivity index (χ1) is 11.1. The van der Waals surface area contributed by atoms with Gasteiger partial charge in [-0.1, -0.05) is 53.7 Å². The van der Waals surface area contributed by atoms with E-state index in [2.05, 4.69) is 10.5 Å². The summed E-state index contributed by atoms with van der Waals surface area (Å²) in [6, 6.07) is 15.9. The van der Waals surface area contributed by atoms with E-state index in [-0.39, 0.29) is 24.2 Å². The summed E-state index contributed by atoms with van der Waals surface area (Å²) >= 11 is 0. The quantitative estimate of drug-likeness (QED) is 0.942. The number of carbonyl (C=O) groups is 1. The molecule has 2 aromatic rings. The smallest absolute Gasteiger partial charge is 0.264 e. The van der Waals surface area contributed by atoms with Crippen molar-refractivity contribution in [3.8, 4) is 0 Å². The van der Waals surface area contributed by atoms with Gasteiger partial charge in [-0.2, -0.15) is 0 Å². The molecule has 118 valence electrons. The van der Waals surface area contributed by atoms with Crippen LogP contribution in [0.5, 0.6) is 0 Å². The van der Waals surface area contributed by atoms with E-state index in [1.165, 1.54) is 6.07 Å². The predicted octanol–water partition coefficient (Wildman–Crippen LogP) is 3.20. The fourth-order valence-corrected chi connectivity index (χ4v) is 2.50. The molecule has 1 amide bonds. The van der Waals surface area contributed by atoms with E-state index in [1.54, 1.807) is 18.2 Å². The Hall–Kier alpha value is -2.69. The Morgan fingerprint density at radius 1 is 1.22 bits per heavy atom. The Labute approximate surface area is 134 Å². The van der Waals surface area contributed by atoms with Gasteiger partial charge in [-0.15, -0.1) is 0 Å². The largest absolute Gasteiger partial charge is 0.382 e. The van der Waals surface area contributed by atoms with Gasteiger partial charge in [-0.05, 0) is 18.6 Å². The Balaban J connectivity index is 1.62. The third kappa shape index (κ3) is 3.39. The highest BCUT2D eigenvalue weighted by atomic mass is 19.1. The lowest BCUT2D eigenvalue weighted by molar-refractivity contribution is -0.131. The first-order valence-electron chi connectivity index (χ1n) is 7.48. The minimum atomic E-state index is -0.726. The van der Waals surface area contributed by atoms with Gasteiger partial charge < -0.3 is 10.2 Å². The minimum absolute atomic E-state index is 0.134. The highest BCUT2D eigenvalue weighted by Crippen LogP contribution is 2.20. The van der Waals surface area contributed by atoms with Crippen molar-refractivity contribution in [1.29, 1.82) is 0 Å². The molecule has 0 fully saturated rings. The summed E-state index contributed by atoms with van der Waals surface area (Å²) < 4.78 is 13.8. The van der Waals surface area contributed by atoms with Crippen LogP contribution < -0.4 is 5.32 Å². The van der Waals surface area contributed by atoms with E-state index in [0.29, 0.717) is 11.3 Å². The van der Waals surface area contributed by atoms with Crippen LogP contribution in [0.4, 0.5) is 4.39 Å². The molecule has 5 heteroatoms. The van der Waals surface area contributed by atoms with E-state index in [9.17, 15) is 9.18 Å². The third-order valence-electron chi connectivity index (χ3n) is 3.80. The molecule has 23 heavy (non-hydrogen) atoms. The Morgan fingerprint density at radius 3 is 2.65 bits per heavy atom. The molecule has 0 saturated heterocycles. The minimum Gasteiger partial charge on any atom is -0.382 e. The third-order valence-corrected chi connectivity index (χ3v) is 3.80. The fourth-order valence-electron chi connectivity index (χ4n) is 2.50. The van der Waals surface area contributed by atoms with Crippen molar-refractivity contribution in [1.82, 2.24) is 5.32 Å². The maximum Gasteiger partial charge on any atom is 0.264 e. The lowest BCUT2D eigenvalue weighted by Crippen LogP contribution is -2.36. The van der Waals surface area contributed by atoms with Crippen LogP contribution in [0.15, 0.2) is 59.8 Å². The Kier molecular flexibility index (Phi) is 4.37. The van der Waals surface area contributed by atoms with Gasteiger partial charge in [0.25, 0.3) is 5.91 Å². The lowest BCUT2D eigenvalue weighted by atomic mass is 10.0. The van der Waals surface area contributed by atoms with Crippen LogP contribution >= 0.6 is 0 Å². The number of nitrogens with zero attached hydrogens (tertiary/aromatic N) is 1. The summed E-state index contributed by atoms with van der Waals surface area (Å²) in [5.41, 5.74) is 1.84. The molecule has 0 spiro atoms. The zero-order valence-electron chi connectivity index (χ0n) is 12.7. The number of amides is 1. The van der Waals surface area contributed by atoms with Crippen LogP contribution in [0.3, 0.4) is 0 Å². The molecule has 0 bridgehead atoms. The van der Waals surface area contributed by atoms with E-state index in [1.807, 2.05) is 37.3 Å². The van der Waals surface area contributed by atoms with Gasteiger partial charge in [0.2, 0.25) is 6.10 Å². The molecule has 0 aliphatic carbocycles. The topological polar surface area (TPSA) is 50.7 Å². The number of benzene rings is 2. The molecule has 0 radical (unpaired) electrons. The number of oxime groups is 1. The molecule has 1 aliphatic rings. The highest BCUT2D eigenvalue weighted by molar-refractivity contribution is 6.04. The van der Waals surface area contributed by atoms with Crippen LogP contribution in [0.2, 0.25) is 0 Å². The van der Waals surface area contributed by atoms with E-state index in [4.69, 9.17) is 4.84 Å². The summed E-state index contributed by atoms with van der Waals surface area (Å²) in [7, 11) is 0. The van der Waals surface area contributed by atoms with Crippen molar-refractivity contribution < 1.29 is 14.0 Å². The standard InChI is InChI=1S/C18H17FN2O2/c1-12(13-7-3-2-4-8-13)20-18(22)17-11-16(21-23-17)14-9-5-6-10-15(14)19/h2-10,12,17H,11H2,1H3,(H,20,22)/t12-,17-/m1/s1. The number of rotatable bonds is 4. The second-order valence-corrected chi connectivity index (χ2v) is 5.46. The predicted molar refractivity (Wildman–Crippen MR) is 85.4 cm³/mol. The van der Waals surface area contributed by atoms with Crippen molar-refractivity contribution in [3.05, 3.63) is 71.5 Å². The van der Waals surface area contributed by atoms with Gasteiger partial charge in [-0.3, -0.25) is 4.79 Å². The zero-order chi connectivity index (χ0) is 16.2. The first-order valence-corrected chi connectivity index (χ1v) is 7.48. The first kappa shape index (κ1) is 15.2. The van der Waals surface area contributed by atoms with Crippen molar-refractivity contribution in [2.45, 2.75) is 25.5 Å². The van der Waals surface area contributed by atoms with Crippen LogP contribution in [0.1, 0.15) is 30.5 Å².